The summed E-state index contributed by atoms with van der Waals surface area (Å²) >= 11 is 0. The quantitative estimate of drug-likeness (QED) is 0.651. The summed E-state index contributed by atoms with van der Waals surface area (Å²) in [6, 6.07) is 0. The van der Waals surface area contributed by atoms with Crippen LogP contribution in [0.3, 0.4) is 0 Å². The number of ether oxygens (including phenoxy) is 2. The second-order valence-electron chi connectivity index (χ2n) is 5.23. The zero-order chi connectivity index (χ0) is 10.4. The van der Waals surface area contributed by atoms with E-state index >= 15 is 0 Å². The molecule has 84 valence electrons. The number of fused-ring (bicyclic) bond motifs is 1. The van der Waals surface area contributed by atoms with Gasteiger partial charge in [0.2, 0.25) is 0 Å². The maximum atomic E-state index is 5.65. The van der Waals surface area contributed by atoms with Crippen molar-refractivity contribution in [3.05, 3.63) is 12.3 Å². The van der Waals surface area contributed by atoms with Crippen LogP contribution in [0.4, 0.5) is 0 Å². The van der Waals surface area contributed by atoms with Gasteiger partial charge in [-0.15, -0.1) is 0 Å². The molecule has 15 heavy (non-hydrogen) atoms. The van der Waals surface area contributed by atoms with Gasteiger partial charge in [-0.25, -0.2) is 0 Å². The largest absolute Gasteiger partial charge is 0.498 e. The van der Waals surface area contributed by atoms with Gasteiger partial charge in [0.05, 0.1) is 25.1 Å². The van der Waals surface area contributed by atoms with Crippen LogP contribution < -0.4 is 0 Å². The van der Waals surface area contributed by atoms with Gasteiger partial charge in [0, 0.05) is 11.8 Å². The molecule has 0 radical (unpaired) electrons. The van der Waals surface area contributed by atoms with E-state index in [2.05, 4.69) is 13.5 Å². The number of hydrogen-bond donors (Lipinski definition) is 0. The summed E-state index contributed by atoms with van der Waals surface area (Å²) in [5, 5.41) is 0. The maximum Gasteiger partial charge on any atom is 0.0923 e. The molecule has 5 unspecified atom stereocenters. The van der Waals surface area contributed by atoms with Gasteiger partial charge >= 0.3 is 0 Å². The normalized spacial score (nSPS) is 48.6. The van der Waals surface area contributed by atoms with Crippen LogP contribution in [0.2, 0.25) is 0 Å². The predicted octanol–water partition coefficient (Wildman–Crippen LogP) is 2.60. The molecule has 3 fully saturated rings. The second kappa shape index (κ2) is 3.51. The van der Waals surface area contributed by atoms with E-state index in [1.54, 1.807) is 0 Å². The lowest BCUT2D eigenvalue weighted by molar-refractivity contribution is 0.0925. The van der Waals surface area contributed by atoms with Crippen molar-refractivity contribution in [3.8, 4) is 0 Å². The Balaban J connectivity index is 1.78. The highest BCUT2D eigenvalue weighted by molar-refractivity contribution is 5.06. The zero-order valence-electron chi connectivity index (χ0n) is 9.45. The van der Waals surface area contributed by atoms with Crippen molar-refractivity contribution in [2.24, 2.45) is 23.7 Å². The summed E-state index contributed by atoms with van der Waals surface area (Å²) < 4.78 is 11.1. The van der Waals surface area contributed by atoms with Crippen molar-refractivity contribution >= 4 is 0 Å². The van der Waals surface area contributed by atoms with Crippen molar-refractivity contribution in [1.29, 1.82) is 0 Å². The average molecular weight is 208 g/mol. The SMILES string of the molecule is C=C1OCC2C1CCC(C1CO1)C2CC. The Kier molecular flexibility index (Phi) is 2.27. The topological polar surface area (TPSA) is 21.8 Å². The molecule has 0 aromatic heterocycles. The highest BCUT2D eigenvalue weighted by Gasteiger charge is 2.48. The first kappa shape index (κ1) is 9.71. The van der Waals surface area contributed by atoms with E-state index in [-0.39, 0.29) is 0 Å². The zero-order valence-corrected chi connectivity index (χ0v) is 9.45. The van der Waals surface area contributed by atoms with Crippen LogP contribution in [0.5, 0.6) is 0 Å². The average Bonchev–Trinajstić information content (AvgIpc) is 3.03. The number of rotatable bonds is 2. The molecule has 2 heteroatoms. The molecule has 1 aliphatic carbocycles. The van der Waals surface area contributed by atoms with Crippen LogP contribution in [0, 0.1) is 23.7 Å². The molecule has 3 aliphatic rings. The molecule has 0 amide bonds. The Hall–Kier alpha value is -0.500. The minimum absolute atomic E-state index is 0.574. The van der Waals surface area contributed by atoms with Crippen LogP contribution in [-0.2, 0) is 9.47 Å². The molecule has 5 atom stereocenters. The Morgan fingerprint density at radius 2 is 2.07 bits per heavy atom. The summed E-state index contributed by atoms with van der Waals surface area (Å²) in [6.07, 6.45) is 4.42. The first-order valence-corrected chi connectivity index (χ1v) is 6.24. The molecule has 2 nitrogen and oxygen atoms in total. The van der Waals surface area contributed by atoms with Crippen LogP contribution >= 0.6 is 0 Å². The highest BCUT2D eigenvalue weighted by atomic mass is 16.6. The van der Waals surface area contributed by atoms with Gasteiger partial charge in [0.1, 0.15) is 0 Å². The molecule has 0 spiro atoms. The van der Waals surface area contributed by atoms with Crippen LogP contribution in [0.25, 0.3) is 0 Å². The van der Waals surface area contributed by atoms with Crippen LogP contribution in [-0.4, -0.2) is 19.3 Å². The van der Waals surface area contributed by atoms with Gasteiger partial charge in [-0.05, 0) is 24.7 Å². The summed E-state index contributed by atoms with van der Waals surface area (Å²) in [4.78, 5) is 0. The Labute approximate surface area is 91.6 Å². The van der Waals surface area contributed by atoms with E-state index in [1.807, 2.05) is 0 Å². The molecular formula is C13H20O2. The van der Waals surface area contributed by atoms with Crippen molar-refractivity contribution < 1.29 is 9.47 Å². The van der Waals surface area contributed by atoms with Gasteiger partial charge in [-0.2, -0.15) is 0 Å². The fourth-order valence-corrected chi connectivity index (χ4v) is 3.74. The third kappa shape index (κ3) is 1.50. The monoisotopic (exact) mass is 208 g/mol. The van der Waals surface area contributed by atoms with Crippen molar-refractivity contribution in [3.63, 3.8) is 0 Å². The second-order valence-corrected chi connectivity index (χ2v) is 5.23. The Morgan fingerprint density at radius 1 is 1.27 bits per heavy atom. The summed E-state index contributed by atoms with van der Waals surface area (Å²) in [5.41, 5.74) is 0. The lowest BCUT2D eigenvalue weighted by Gasteiger charge is -2.37. The van der Waals surface area contributed by atoms with Gasteiger partial charge in [0.15, 0.2) is 0 Å². The van der Waals surface area contributed by atoms with E-state index in [9.17, 15) is 0 Å². The third-order valence-electron chi connectivity index (χ3n) is 4.61. The summed E-state index contributed by atoms with van der Waals surface area (Å²) in [5.74, 6) is 4.02. The number of hydrogen-bond acceptors (Lipinski definition) is 2. The summed E-state index contributed by atoms with van der Waals surface area (Å²) in [6.45, 7) is 8.26. The molecule has 0 N–H and O–H groups in total. The van der Waals surface area contributed by atoms with E-state index in [0.717, 1.165) is 36.7 Å². The lowest BCUT2D eigenvalue weighted by atomic mass is 9.65. The van der Waals surface area contributed by atoms with Crippen molar-refractivity contribution in [2.75, 3.05) is 13.2 Å². The molecule has 0 aromatic rings. The van der Waals surface area contributed by atoms with E-state index < -0.39 is 0 Å². The highest BCUT2D eigenvalue weighted by Crippen LogP contribution is 2.50. The van der Waals surface area contributed by atoms with Gasteiger partial charge < -0.3 is 9.47 Å². The smallest absolute Gasteiger partial charge is 0.0923 e. The van der Waals surface area contributed by atoms with Crippen molar-refractivity contribution in [2.45, 2.75) is 32.3 Å². The van der Waals surface area contributed by atoms with Crippen LogP contribution in [0.1, 0.15) is 26.2 Å². The van der Waals surface area contributed by atoms with Crippen molar-refractivity contribution in [1.82, 2.24) is 0 Å². The Bertz CT molecular complexity index is 270. The predicted molar refractivity (Wildman–Crippen MR) is 58.3 cm³/mol. The molecule has 2 heterocycles. The maximum absolute atomic E-state index is 5.65. The lowest BCUT2D eigenvalue weighted by Crippen LogP contribution is -2.35. The minimum atomic E-state index is 0.574. The van der Waals surface area contributed by atoms with E-state index in [1.165, 1.54) is 19.3 Å². The first-order valence-electron chi connectivity index (χ1n) is 6.24. The molecular weight excluding hydrogens is 188 g/mol. The van der Waals surface area contributed by atoms with E-state index in [4.69, 9.17) is 9.47 Å². The Morgan fingerprint density at radius 3 is 2.73 bits per heavy atom. The summed E-state index contributed by atoms with van der Waals surface area (Å²) in [7, 11) is 0. The van der Waals surface area contributed by atoms with Gasteiger partial charge in [-0.1, -0.05) is 19.9 Å². The minimum Gasteiger partial charge on any atom is -0.498 e. The fraction of sp³-hybridized carbons (Fsp3) is 0.846. The fourth-order valence-electron chi connectivity index (χ4n) is 3.74. The molecule has 3 rings (SSSR count). The molecule has 0 aromatic carbocycles. The van der Waals surface area contributed by atoms with Gasteiger partial charge in [0.25, 0.3) is 0 Å². The number of epoxide rings is 1. The standard InChI is InChI=1S/C13H20O2/c1-3-9-11(13-7-15-13)5-4-10-8(2)14-6-12(9)10/h9-13H,2-7H2,1H3. The van der Waals surface area contributed by atoms with E-state index in [0.29, 0.717) is 12.0 Å². The first-order chi connectivity index (χ1) is 7.31. The molecule has 2 saturated heterocycles. The molecule has 1 saturated carbocycles. The number of allylic oxidation sites excluding steroid dienone is 1. The van der Waals surface area contributed by atoms with Crippen LogP contribution in [0.15, 0.2) is 12.3 Å². The molecule has 0 bridgehead atoms. The third-order valence-corrected chi connectivity index (χ3v) is 4.61. The van der Waals surface area contributed by atoms with Gasteiger partial charge in [-0.3, -0.25) is 0 Å². The molecule has 2 aliphatic heterocycles.